The second-order valence-corrected chi connectivity index (χ2v) is 4.20. The molecule has 0 radical (unpaired) electrons. The number of nitrogens with zero attached hydrogens (tertiary/aromatic N) is 3. The fraction of sp³-hybridized carbons (Fsp3) is 0.286. The Morgan fingerprint density at radius 3 is 2.67 bits per heavy atom. The van der Waals surface area contributed by atoms with Crippen LogP contribution in [0.25, 0.3) is 0 Å². The predicted octanol–water partition coefficient (Wildman–Crippen LogP) is 2.48. The highest BCUT2D eigenvalue weighted by Gasteiger charge is 2.12. The summed E-state index contributed by atoms with van der Waals surface area (Å²) >= 11 is 0. The molecule has 0 spiro atoms. The summed E-state index contributed by atoms with van der Waals surface area (Å²) in [5, 5.41) is 4.29. The first-order valence-corrected chi connectivity index (χ1v) is 5.86. The lowest BCUT2D eigenvalue weighted by atomic mass is 10.0. The molecule has 18 heavy (non-hydrogen) atoms. The Morgan fingerprint density at radius 2 is 2.00 bits per heavy atom. The molecule has 1 aromatic heterocycles. The van der Waals surface area contributed by atoms with Crippen molar-refractivity contribution in [2.24, 2.45) is 12.0 Å². The molecule has 2 aromatic rings. The Kier molecular flexibility index (Phi) is 3.70. The first-order chi connectivity index (χ1) is 8.72. The van der Waals surface area contributed by atoms with Crippen LogP contribution < -0.4 is 0 Å². The van der Waals surface area contributed by atoms with Crippen molar-refractivity contribution in [2.75, 3.05) is 0 Å². The number of isocyanates is 1. The van der Waals surface area contributed by atoms with E-state index in [1.807, 2.05) is 25.1 Å². The molecule has 1 aromatic carbocycles. The fourth-order valence-electron chi connectivity index (χ4n) is 2.08. The van der Waals surface area contributed by atoms with E-state index in [1.54, 1.807) is 17.8 Å². The van der Waals surface area contributed by atoms with Crippen LogP contribution in [-0.2, 0) is 24.7 Å². The van der Waals surface area contributed by atoms with Crippen LogP contribution in [0.1, 0.15) is 16.8 Å². The number of aromatic nitrogens is 2. The van der Waals surface area contributed by atoms with Crippen molar-refractivity contribution < 1.29 is 4.79 Å². The third-order valence-corrected chi connectivity index (χ3v) is 2.97. The minimum absolute atomic E-state index is 0.610. The maximum Gasteiger partial charge on any atom is 0.242 e. The van der Waals surface area contributed by atoms with E-state index < -0.39 is 0 Å². The number of benzene rings is 1. The third kappa shape index (κ3) is 2.55. The Morgan fingerprint density at radius 1 is 1.28 bits per heavy atom. The summed E-state index contributed by atoms with van der Waals surface area (Å²) in [5.41, 5.74) is 3.20. The molecule has 4 nitrogen and oxygen atoms in total. The minimum Gasteiger partial charge on any atom is -0.250 e. The van der Waals surface area contributed by atoms with Gasteiger partial charge in [0.15, 0.2) is 5.82 Å². The molecule has 92 valence electrons. The second kappa shape index (κ2) is 5.43. The third-order valence-electron chi connectivity index (χ3n) is 2.97. The number of hydrogen-bond acceptors (Lipinski definition) is 3. The molecule has 0 fully saturated rings. The molecule has 0 saturated heterocycles. The minimum atomic E-state index is 0.610. The van der Waals surface area contributed by atoms with Crippen LogP contribution in [-0.4, -0.2) is 15.9 Å². The quantitative estimate of drug-likeness (QED) is 0.610. The van der Waals surface area contributed by atoms with Crippen LogP contribution in [0.4, 0.5) is 5.82 Å². The molecule has 0 N–H and O–H groups in total. The van der Waals surface area contributed by atoms with Gasteiger partial charge >= 0.3 is 0 Å². The van der Waals surface area contributed by atoms with Crippen LogP contribution in [0, 0.1) is 6.92 Å². The summed E-state index contributed by atoms with van der Waals surface area (Å²) in [6, 6.07) is 10.2. The van der Waals surface area contributed by atoms with E-state index in [1.165, 1.54) is 5.56 Å². The molecule has 4 heteroatoms. The standard InChI is InChI=1S/C14H15N3O/c1-11-13(14(15-10-18)17(2)16-11)9-8-12-6-4-3-5-7-12/h3-7H,8-9H2,1-2H3. The normalized spacial score (nSPS) is 10.1. The number of aliphatic imine (C=N–C) groups is 1. The molecule has 0 unspecified atom stereocenters. The summed E-state index contributed by atoms with van der Waals surface area (Å²) in [4.78, 5) is 14.2. The van der Waals surface area contributed by atoms with Gasteiger partial charge in [0.2, 0.25) is 6.08 Å². The van der Waals surface area contributed by atoms with Gasteiger partial charge in [-0.15, -0.1) is 4.99 Å². The summed E-state index contributed by atoms with van der Waals surface area (Å²) in [6.07, 6.45) is 3.33. The lowest BCUT2D eigenvalue weighted by Crippen LogP contribution is -1.92. The highest BCUT2D eigenvalue weighted by atomic mass is 16.1. The highest BCUT2D eigenvalue weighted by Crippen LogP contribution is 2.23. The van der Waals surface area contributed by atoms with Gasteiger partial charge in [0.1, 0.15) is 0 Å². The van der Waals surface area contributed by atoms with Crippen LogP contribution in [0.5, 0.6) is 0 Å². The van der Waals surface area contributed by atoms with E-state index in [0.29, 0.717) is 5.82 Å². The molecule has 0 aliphatic heterocycles. The zero-order valence-corrected chi connectivity index (χ0v) is 10.6. The van der Waals surface area contributed by atoms with Crippen LogP contribution >= 0.6 is 0 Å². The van der Waals surface area contributed by atoms with Gasteiger partial charge in [-0.05, 0) is 25.3 Å². The number of aryl methyl sites for hydroxylation is 3. The van der Waals surface area contributed by atoms with Crippen LogP contribution in [0.3, 0.4) is 0 Å². The molecule has 0 amide bonds. The molecule has 0 aliphatic rings. The molecule has 1 heterocycles. The molecule has 0 atom stereocenters. The average molecular weight is 241 g/mol. The highest BCUT2D eigenvalue weighted by molar-refractivity contribution is 5.51. The fourth-order valence-corrected chi connectivity index (χ4v) is 2.08. The molecule has 0 saturated carbocycles. The van der Waals surface area contributed by atoms with Crippen molar-refractivity contribution in [1.29, 1.82) is 0 Å². The number of rotatable bonds is 4. The molecule has 2 rings (SSSR count). The van der Waals surface area contributed by atoms with Crippen molar-refractivity contribution in [3.8, 4) is 0 Å². The second-order valence-electron chi connectivity index (χ2n) is 4.20. The Bertz CT molecular complexity index is 581. The Balaban J connectivity index is 2.21. The van der Waals surface area contributed by atoms with E-state index >= 15 is 0 Å². The van der Waals surface area contributed by atoms with E-state index in [-0.39, 0.29) is 0 Å². The first kappa shape index (κ1) is 12.3. The van der Waals surface area contributed by atoms with Gasteiger partial charge in [-0.3, -0.25) is 0 Å². The van der Waals surface area contributed by atoms with Crippen LogP contribution in [0.15, 0.2) is 35.3 Å². The largest absolute Gasteiger partial charge is 0.250 e. The topological polar surface area (TPSA) is 47.2 Å². The molecular weight excluding hydrogens is 226 g/mol. The van der Waals surface area contributed by atoms with Gasteiger partial charge in [-0.25, -0.2) is 9.48 Å². The van der Waals surface area contributed by atoms with E-state index in [4.69, 9.17) is 0 Å². The van der Waals surface area contributed by atoms with Crippen molar-refractivity contribution in [3.63, 3.8) is 0 Å². The summed E-state index contributed by atoms with van der Waals surface area (Å²) < 4.78 is 1.63. The maximum atomic E-state index is 10.4. The van der Waals surface area contributed by atoms with Crippen molar-refractivity contribution in [2.45, 2.75) is 19.8 Å². The van der Waals surface area contributed by atoms with Crippen molar-refractivity contribution >= 4 is 11.9 Å². The first-order valence-electron chi connectivity index (χ1n) is 5.86. The lowest BCUT2D eigenvalue weighted by Gasteiger charge is -2.01. The van der Waals surface area contributed by atoms with E-state index in [0.717, 1.165) is 24.1 Å². The Hall–Kier alpha value is -2.19. The van der Waals surface area contributed by atoms with Gasteiger partial charge < -0.3 is 0 Å². The lowest BCUT2D eigenvalue weighted by molar-refractivity contribution is 0.564. The maximum absolute atomic E-state index is 10.4. The van der Waals surface area contributed by atoms with Crippen molar-refractivity contribution in [3.05, 3.63) is 47.2 Å². The van der Waals surface area contributed by atoms with Gasteiger partial charge in [-0.1, -0.05) is 30.3 Å². The van der Waals surface area contributed by atoms with Crippen molar-refractivity contribution in [1.82, 2.24) is 9.78 Å². The van der Waals surface area contributed by atoms with Gasteiger partial charge in [0.05, 0.1) is 5.69 Å². The summed E-state index contributed by atoms with van der Waals surface area (Å²) in [7, 11) is 1.79. The molecule has 0 bridgehead atoms. The predicted molar refractivity (Wildman–Crippen MR) is 69.6 cm³/mol. The SMILES string of the molecule is Cc1nn(C)c(N=C=O)c1CCc1ccccc1. The van der Waals surface area contributed by atoms with Gasteiger partial charge in [0.25, 0.3) is 0 Å². The monoisotopic (exact) mass is 241 g/mol. The zero-order valence-electron chi connectivity index (χ0n) is 10.6. The number of carbonyl (C=O) groups excluding carboxylic acids is 1. The average Bonchev–Trinajstić information content (AvgIpc) is 2.64. The molecular formula is C14H15N3O. The zero-order chi connectivity index (χ0) is 13.0. The smallest absolute Gasteiger partial charge is 0.242 e. The van der Waals surface area contributed by atoms with Crippen LogP contribution in [0.2, 0.25) is 0 Å². The van der Waals surface area contributed by atoms with E-state index in [9.17, 15) is 4.79 Å². The Labute approximate surface area is 106 Å². The summed E-state index contributed by atoms with van der Waals surface area (Å²) in [5.74, 6) is 0.610. The van der Waals surface area contributed by atoms with E-state index in [2.05, 4.69) is 22.2 Å². The van der Waals surface area contributed by atoms with Gasteiger partial charge in [-0.2, -0.15) is 5.10 Å². The van der Waals surface area contributed by atoms with Gasteiger partial charge in [0, 0.05) is 12.6 Å². The summed E-state index contributed by atoms with van der Waals surface area (Å²) in [6.45, 7) is 1.93. The number of hydrogen-bond donors (Lipinski definition) is 0. The molecule has 0 aliphatic carbocycles.